The van der Waals surface area contributed by atoms with Crippen LogP contribution in [0.25, 0.3) is 5.69 Å². The van der Waals surface area contributed by atoms with E-state index in [4.69, 9.17) is 17.3 Å². The van der Waals surface area contributed by atoms with E-state index < -0.39 is 0 Å². The molecular weight excluding hydrogens is 282 g/mol. The molecule has 1 heterocycles. The molecule has 0 aliphatic rings. The molecule has 0 unspecified atom stereocenters. The van der Waals surface area contributed by atoms with Gasteiger partial charge in [0.15, 0.2) is 10.3 Å². The van der Waals surface area contributed by atoms with Crippen molar-refractivity contribution in [3.05, 3.63) is 46.7 Å². The Balaban J connectivity index is 2.35. The first-order valence-corrected chi connectivity index (χ1v) is 6.27. The number of nitrogens with one attached hydrogen (secondary N) is 1. The highest BCUT2D eigenvalue weighted by Gasteiger charge is 2.12. The number of hydrazone groups is 1. The maximum Gasteiger partial charge on any atom is 0.184 e. The van der Waals surface area contributed by atoms with Gasteiger partial charge in [0.25, 0.3) is 0 Å². The van der Waals surface area contributed by atoms with Crippen molar-refractivity contribution in [3.8, 4) is 5.69 Å². The van der Waals surface area contributed by atoms with E-state index in [0.29, 0.717) is 10.7 Å². The zero-order valence-electron chi connectivity index (χ0n) is 10.2. The smallest absolute Gasteiger partial charge is 0.184 e. The van der Waals surface area contributed by atoms with Crippen LogP contribution in [-0.2, 0) is 0 Å². The zero-order valence-corrected chi connectivity index (χ0v) is 11.7. The highest BCUT2D eigenvalue weighted by molar-refractivity contribution is 7.80. The number of hydrogen-bond acceptors (Lipinski definition) is 3. The van der Waals surface area contributed by atoms with E-state index in [1.165, 1.54) is 0 Å². The molecule has 0 radical (unpaired) electrons. The second kappa shape index (κ2) is 5.81. The number of benzene rings is 1. The van der Waals surface area contributed by atoms with Gasteiger partial charge in [0.1, 0.15) is 0 Å². The molecule has 0 bridgehead atoms. The van der Waals surface area contributed by atoms with Gasteiger partial charge in [-0.25, -0.2) is 4.68 Å². The van der Waals surface area contributed by atoms with Crippen molar-refractivity contribution in [2.24, 2.45) is 10.8 Å². The SMILES string of the molecule is Cc1c(C=NNC(N)=S)c(Cl)nn1-c1ccccc1. The van der Waals surface area contributed by atoms with Crippen molar-refractivity contribution >= 4 is 35.1 Å². The maximum absolute atomic E-state index is 6.10. The summed E-state index contributed by atoms with van der Waals surface area (Å²) in [4.78, 5) is 0. The van der Waals surface area contributed by atoms with E-state index in [1.807, 2.05) is 37.3 Å². The number of para-hydroxylation sites is 1. The van der Waals surface area contributed by atoms with Gasteiger partial charge in [-0.05, 0) is 31.3 Å². The summed E-state index contributed by atoms with van der Waals surface area (Å²) < 4.78 is 1.75. The van der Waals surface area contributed by atoms with Crippen LogP contribution in [0.4, 0.5) is 0 Å². The highest BCUT2D eigenvalue weighted by Crippen LogP contribution is 2.20. The van der Waals surface area contributed by atoms with E-state index in [2.05, 4.69) is 27.8 Å². The first-order chi connectivity index (χ1) is 9.09. The number of nitrogens with two attached hydrogens (primary N) is 1. The predicted octanol–water partition coefficient (Wildman–Crippen LogP) is 2.00. The van der Waals surface area contributed by atoms with Gasteiger partial charge in [-0.15, -0.1) is 0 Å². The maximum atomic E-state index is 6.10. The Kier molecular flexibility index (Phi) is 4.13. The monoisotopic (exact) mass is 293 g/mol. The van der Waals surface area contributed by atoms with Gasteiger partial charge in [-0.2, -0.15) is 10.2 Å². The summed E-state index contributed by atoms with van der Waals surface area (Å²) >= 11 is 10.8. The molecule has 5 nitrogen and oxygen atoms in total. The zero-order chi connectivity index (χ0) is 13.8. The molecule has 1 aromatic heterocycles. The van der Waals surface area contributed by atoms with Crippen molar-refractivity contribution < 1.29 is 0 Å². The third-order valence-corrected chi connectivity index (χ3v) is 2.86. The van der Waals surface area contributed by atoms with Gasteiger partial charge < -0.3 is 5.73 Å². The minimum Gasteiger partial charge on any atom is -0.375 e. The molecule has 98 valence electrons. The quantitative estimate of drug-likeness (QED) is 0.516. The summed E-state index contributed by atoms with van der Waals surface area (Å²) in [6, 6.07) is 9.71. The molecular formula is C12H12ClN5S. The number of halogens is 1. The lowest BCUT2D eigenvalue weighted by Crippen LogP contribution is -2.24. The standard InChI is InChI=1S/C12H12ClN5S/c1-8-10(7-15-16-12(14)19)11(13)17-18(8)9-5-3-2-4-6-9/h2-7H,1H3,(H3,14,16,19). The molecule has 1 aromatic carbocycles. The van der Waals surface area contributed by atoms with Crippen molar-refractivity contribution in [3.63, 3.8) is 0 Å². The minimum absolute atomic E-state index is 0.0977. The molecule has 2 rings (SSSR count). The third-order valence-electron chi connectivity index (χ3n) is 2.49. The van der Waals surface area contributed by atoms with E-state index in [1.54, 1.807) is 10.9 Å². The van der Waals surface area contributed by atoms with Crippen LogP contribution in [-0.4, -0.2) is 21.1 Å². The van der Waals surface area contributed by atoms with Crippen LogP contribution in [0.2, 0.25) is 5.15 Å². The van der Waals surface area contributed by atoms with E-state index in [9.17, 15) is 0 Å². The number of nitrogens with zero attached hydrogens (tertiary/aromatic N) is 3. The van der Waals surface area contributed by atoms with E-state index in [0.717, 1.165) is 11.4 Å². The van der Waals surface area contributed by atoms with Gasteiger partial charge in [-0.1, -0.05) is 29.8 Å². The predicted molar refractivity (Wildman–Crippen MR) is 80.8 cm³/mol. The first-order valence-electron chi connectivity index (χ1n) is 5.48. The molecule has 0 amide bonds. The van der Waals surface area contributed by atoms with Crippen LogP contribution < -0.4 is 11.2 Å². The van der Waals surface area contributed by atoms with Crippen molar-refractivity contribution in [1.82, 2.24) is 15.2 Å². The van der Waals surface area contributed by atoms with Crippen molar-refractivity contribution in [1.29, 1.82) is 0 Å². The lowest BCUT2D eigenvalue weighted by molar-refractivity contribution is 0.847. The summed E-state index contributed by atoms with van der Waals surface area (Å²) in [6.45, 7) is 1.91. The van der Waals surface area contributed by atoms with Gasteiger partial charge in [0, 0.05) is 0 Å². The van der Waals surface area contributed by atoms with E-state index in [-0.39, 0.29) is 5.11 Å². The fourth-order valence-electron chi connectivity index (χ4n) is 1.61. The fourth-order valence-corrected chi connectivity index (χ4v) is 1.92. The molecule has 0 aliphatic carbocycles. The number of aromatic nitrogens is 2. The fraction of sp³-hybridized carbons (Fsp3) is 0.0833. The highest BCUT2D eigenvalue weighted by atomic mass is 35.5. The summed E-state index contributed by atoms with van der Waals surface area (Å²) in [5.74, 6) is 0. The van der Waals surface area contributed by atoms with Crippen LogP contribution in [0.5, 0.6) is 0 Å². The lowest BCUT2D eigenvalue weighted by Gasteiger charge is -2.03. The van der Waals surface area contributed by atoms with Crippen molar-refractivity contribution in [2.75, 3.05) is 0 Å². The Morgan fingerprint density at radius 3 is 2.79 bits per heavy atom. The molecule has 19 heavy (non-hydrogen) atoms. The second-order valence-electron chi connectivity index (χ2n) is 3.77. The Hall–Kier alpha value is -1.92. The average Bonchev–Trinajstić information content (AvgIpc) is 2.67. The Morgan fingerprint density at radius 2 is 2.16 bits per heavy atom. The molecule has 0 saturated carbocycles. The van der Waals surface area contributed by atoms with Crippen LogP contribution in [0.15, 0.2) is 35.4 Å². The summed E-state index contributed by atoms with van der Waals surface area (Å²) in [6.07, 6.45) is 1.54. The summed E-state index contributed by atoms with van der Waals surface area (Å²) in [5.41, 5.74) is 10.3. The molecule has 0 spiro atoms. The Bertz CT molecular complexity index is 621. The number of thiocarbonyl (C=S) groups is 1. The van der Waals surface area contributed by atoms with Gasteiger partial charge in [0.05, 0.1) is 23.2 Å². The molecule has 0 saturated heterocycles. The molecule has 7 heteroatoms. The van der Waals surface area contributed by atoms with Crippen LogP contribution >= 0.6 is 23.8 Å². The summed E-state index contributed by atoms with van der Waals surface area (Å²) in [5, 5.41) is 8.64. The largest absolute Gasteiger partial charge is 0.375 e. The molecule has 2 aromatic rings. The third kappa shape index (κ3) is 3.10. The number of hydrogen-bond donors (Lipinski definition) is 2. The second-order valence-corrected chi connectivity index (χ2v) is 4.57. The number of rotatable bonds is 3. The van der Waals surface area contributed by atoms with Crippen LogP contribution in [0, 0.1) is 6.92 Å². The van der Waals surface area contributed by atoms with Gasteiger partial charge in [-0.3, -0.25) is 5.43 Å². The topological polar surface area (TPSA) is 68.2 Å². The first kappa shape index (κ1) is 13.5. The Morgan fingerprint density at radius 1 is 1.47 bits per heavy atom. The van der Waals surface area contributed by atoms with Crippen molar-refractivity contribution in [2.45, 2.75) is 6.92 Å². The molecule has 0 atom stereocenters. The lowest BCUT2D eigenvalue weighted by atomic mass is 10.2. The molecule has 0 fully saturated rings. The normalized spacial score (nSPS) is 10.8. The summed E-state index contributed by atoms with van der Waals surface area (Å²) in [7, 11) is 0. The van der Waals surface area contributed by atoms with Crippen LogP contribution in [0.3, 0.4) is 0 Å². The molecule has 3 N–H and O–H groups in total. The average molecular weight is 294 g/mol. The molecule has 0 aliphatic heterocycles. The van der Waals surface area contributed by atoms with Gasteiger partial charge >= 0.3 is 0 Å². The minimum atomic E-state index is 0.0977. The van der Waals surface area contributed by atoms with E-state index >= 15 is 0 Å². The Labute approximate surface area is 121 Å². The van der Waals surface area contributed by atoms with Gasteiger partial charge in [0.2, 0.25) is 0 Å². The van der Waals surface area contributed by atoms with Crippen LogP contribution in [0.1, 0.15) is 11.3 Å².